The largest absolute Gasteiger partial charge is 0.304 e. The molecule has 0 aliphatic heterocycles. The Kier molecular flexibility index (Phi) is 4.72. The van der Waals surface area contributed by atoms with Crippen LogP contribution in [0.3, 0.4) is 0 Å². The van der Waals surface area contributed by atoms with Gasteiger partial charge in [-0.1, -0.05) is 36.2 Å². The fourth-order valence-corrected chi connectivity index (χ4v) is 3.21. The number of nitrogens with zero attached hydrogens (tertiary/aromatic N) is 1. The molecule has 0 bridgehead atoms. The Labute approximate surface area is 119 Å². The van der Waals surface area contributed by atoms with Crippen molar-refractivity contribution in [3.63, 3.8) is 0 Å². The Balaban J connectivity index is 2.36. The number of thiazole rings is 1. The molecule has 0 radical (unpaired) electrons. The van der Waals surface area contributed by atoms with E-state index in [1.807, 2.05) is 0 Å². The average molecular weight is 274 g/mol. The van der Waals surface area contributed by atoms with Gasteiger partial charge in [0, 0.05) is 11.1 Å². The highest BCUT2D eigenvalue weighted by atomic mass is 32.1. The Morgan fingerprint density at radius 2 is 1.84 bits per heavy atom. The van der Waals surface area contributed by atoms with E-state index in [9.17, 15) is 0 Å². The normalized spacial score (nSPS) is 12.6. The zero-order valence-electron chi connectivity index (χ0n) is 12.2. The van der Waals surface area contributed by atoms with Crippen LogP contribution < -0.4 is 5.32 Å². The van der Waals surface area contributed by atoms with Crippen molar-refractivity contribution in [3.05, 3.63) is 51.0 Å². The molecular weight excluding hydrogens is 252 g/mol. The minimum absolute atomic E-state index is 0.220. The number of rotatable bonds is 5. The molecule has 2 aromatic rings. The van der Waals surface area contributed by atoms with Crippen LogP contribution in [-0.4, -0.2) is 11.5 Å². The summed E-state index contributed by atoms with van der Waals surface area (Å²) in [4.78, 5) is 4.66. The van der Waals surface area contributed by atoms with Gasteiger partial charge in [0.05, 0.1) is 6.04 Å². The maximum Gasteiger partial charge on any atom is 0.114 e. The minimum Gasteiger partial charge on any atom is -0.304 e. The van der Waals surface area contributed by atoms with Gasteiger partial charge < -0.3 is 5.32 Å². The summed E-state index contributed by atoms with van der Waals surface area (Å²) < 4.78 is 0. The zero-order valence-corrected chi connectivity index (χ0v) is 13.0. The van der Waals surface area contributed by atoms with Crippen LogP contribution in [0.4, 0.5) is 0 Å². The van der Waals surface area contributed by atoms with Crippen molar-refractivity contribution in [2.24, 2.45) is 0 Å². The third kappa shape index (κ3) is 3.64. The van der Waals surface area contributed by atoms with Crippen molar-refractivity contribution in [1.82, 2.24) is 10.3 Å². The van der Waals surface area contributed by atoms with Crippen LogP contribution in [0.2, 0.25) is 0 Å². The Morgan fingerprint density at radius 1 is 1.16 bits per heavy atom. The summed E-state index contributed by atoms with van der Waals surface area (Å²) >= 11 is 1.74. The molecule has 102 valence electrons. The number of hydrogen-bond acceptors (Lipinski definition) is 3. The van der Waals surface area contributed by atoms with Crippen molar-refractivity contribution in [2.75, 3.05) is 6.54 Å². The number of nitrogens with one attached hydrogen (secondary N) is 1. The molecular formula is C16H22N2S. The van der Waals surface area contributed by atoms with Crippen LogP contribution in [0.25, 0.3) is 0 Å². The van der Waals surface area contributed by atoms with Crippen molar-refractivity contribution in [3.8, 4) is 0 Å². The third-order valence-corrected chi connectivity index (χ3v) is 4.09. The topological polar surface area (TPSA) is 24.9 Å². The highest BCUT2D eigenvalue weighted by molar-refractivity contribution is 7.09. The van der Waals surface area contributed by atoms with Gasteiger partial charge in [0.2, 0.25) is 0 Å². The molecule has 0 fully saturated rings. The molecule has 2 nitrogen and oxygen atoms in total. The van der Waals surface area contributed by atoms with E-state index in [1.165, 1.54) is 16.7 Å². The first-order valence-electron chi connectivity index (χ1n) is 6.83. The minimum atomic E-state index is 0.220. The monoisotopic (exact) mass is 274 g/mol. The van der Waals surface area contributed by atoms with Gasteiger partial charge in [0.1, 0.15) is 5.01 Å². The number of aromatic nitrogens is 1. The summed E-state index contributed by atoms with van der Waals surface area (Å²) in [5.41, 5.74) is 5.05. The smallest absolute Gasteiger partial charge is 0.114 e. The lowest BCUT2D eigenvalue weighted by molar-refractivity contribution is 0.594. The first-order chi connectivity index (χ1) is 9.10. The van der Waals surface area contributed by atoms with E-state index in [1.54, 1.807) is 11.3 Å². The predicted molar refractivity (Wildman–Crippen MR) is 82.9 cm³/mol. The van der Waals surface area contributed by atoms with Crippen LogP contribution in [-0.2, 0) is 0 Å². The van der Waals surface area contributed by atoms with Gasteiger partial charge in [-0.2, -0.15) is 0 Å². The fourth-order valence-electron chi connectivity index (χ4n) is 2.32. The highest BCUT2D eigenvalue weighted by Crippen LogP contribution is 2.26. The van der Waals surface area contributed by atoms with Gasteiger partial charge >= 0.3 is 0 Å². The molecule has 0 aliphatic carbocycles. The summed E-state index contributed by atoms with van der Waals surface area (Å²) in [5.74, 6) is 0. The van der Waals surface area contributed by atoms with E-state index in [4.69, 9.17) is 0 Å². The molecule has 2 rings (SSSR count). The number of aryl methyl sites for hydroxylation is 3. The van der Waals surface area contributed by atoms with Gasteiger partial charge in [-0.25, -0.2) is 4.98 Å². The van der Waals surface area contributed by atoms with Gasteiger partial charge in [-0.05, 0) is 39.3 Å². The lowest BCUT2D eigenvalue weighted by atomic mass is 10.0. The second kappa shape index (κ2) is 6.31. The van der Waals surface area contributed by atoms with Gasteiger partial charge in [0.25, 0.3) is 0 Å². The molecule has 0 amide bonds. The molecule has 1 atom stereocenters. The van der Waals surface area contributed by atoms with Crippen molar-refractivity contribution >= 4 is 11.3 Å². The van der Waals surface area contributed by atoms with E-state index in [2.05, 4.69) is 61.6 Å². The second-order valence-corrected chi connectivity index (χ2v) is 6.02. The quantitative estimate of drug-likeness (QED) is 0.885. The maximum absolute atomic E-state index is 4.66. The molecule has 1 aromatic carbocycles. The molecule has 0 saturated heterocycles. The summed E-state index contributed by atoms with van der Waals surface area (Å²) in [6, 6.07) is 6.96. The number of benzene rings is 1. The first-order valence-corrected chi connectivity index (χ1v) is 7.71. The van der Waals surface area contributed by atoms with Crippen LogP contribution in [0.15, 0.2) is 23.6 Å². The molecule has 1 N–H and O–H groups in total. The summed E-state index contributed by atoms with van der Waals surface area (Å²) in [7, 11) is 0. The SMILES string of the molecule is CCCNC(c1cc(C)cc(C)c1)c1nc(C)cs1. The van der Waals surface area contributed by atoms with E-state index in [0.717, 1.165) is 23.7 Å². The molecule has 19 heavy (non-hydrogen) atoms. The van der Waals surface area contributed by atoms with Crippen LogP contribution in [0.5, 0.6) is 0 Å². The lowest BCUT2D eigenvalue weighted by Gasteiger charge is -2.18. The molecule has 3 heteroatoms. The molecule has 1 heterocycles. The van der Waals surface area contributed by atoms with Crippen LogP contribution >= 0.6 is 11.3 Å². The van der Waals surface area contributed by atoms with E-state index in [-0.39, 0.29) is 6.04 Å². The summed E-state index contributed by atoms with van der Waals surface area (Å²) in [6.45, 7) is 9.56. The molecule has 0 spiro atoms. The predicted octanol–water partition coefficient (Wildman–Crippen LogP) is 4.16. The first kappa shape index (κ1) is 14.2. The average Bonchev–Trinajstić information content (AvgIpc) is 2.75. The van der Waals surface area contributed by atoms with E-state index >= 15 is 0 Å². The maximum atomic E-state index is 4.66. The summed E-state index contributed by atoms with van der Waals surface area (Å²) in [6.07, 6.45) is 1.13. The Bertz CT molecular complexity index is 525. The molecule has 1 aromatic heterocycles. The van der Waals surface area contributed by atoms with Crippen molar-refractivity contribution < 1.29 is 0 Å². The van der Waals surface area contributed by atoms with Gasteiger partial charge in [0.15, 0.2) is 0 Å². The highest BCUT2D eigenvalue weighted by Gasteiger charge is 2.17. The van der Waals surface area contributed by atoms with Gasteiger partial charge in [-0.3, -0.25) is 0 Å². The Hall–Kier alpha value is -1.19. The van der Waals surface area contributed by atoms with E-state index < -0.39 is 0 Å². The Morgan fingerprint density at radius 3 is 2.37 bits per heavy atom. The molecule has 1 unspecified atom stereocenters. The lowest BCUT2D eigenvalue weighted by Crippen LogP contribution is -2.23. The number of hydrogen-bond donors (Lipinski definition) is 1. The standard InChI is InChI=1S/C16H22N2S/c1-5-6-17-15(16-18-13(4)10-19-16)14-8-11(2)7-12(3)9-14/h7-10,15,17H,5-6H2,1-4H3. The second-order valence-electron chi connectivity index (χ2n) is 5.14. The van der Waals surface area contributed by atoms with Gasteiger partial charge in [-0.15, -0.1) is 11.3 Å². The molecule has 0 aliphatic rings. The summed E-state index contributed by atoms with van der Waals surface area (Å²) in [5, 5.41) is 6.90. The van der Waals surface area contributed by atoms with Crippen molar-refractivity contribution in [2.45, 2.75) is 40.2 Å². The van der Waals surface area contributed by atoms with Crippen LogP contribution in [0, 0.1) is 20.8 Å². The van der Waals surface area contributed by atoms with E-state index in [0.29, 0.717) is 0 Å². The fraction of sp³-hybridized carbons (Fsp3) is 0.438. The van der Waals surface area contributed by atoms with Crippen molar-refractivity contribution in [1.29, 1.82) is 0 Å². The zero-order chi connectivity index (χ0) is 13.8. The third-order valence-electron chi connectivity index (χ3n) is 3.06. The molecule has 0 saturated carbocycles. The van der Waals surface area contributed by atoms with Crippen LogP contribution in [0.1, 0.15) is 46.8 Å².